The zero-order valence-corrected chi connectivity index (χ0v) is 15.4. The molecule has 0 bridgehead atoms. The number of rotatable bonds is 8. The fourth-order valence-corrected chi connectivity index (χ4v) is 3.57. The molecule has 2 N–H and O–H groups in total. The Morgan fingerprint density at radius 2 is 2.08 bits per heavy atom. The molecule has 1 saturated carbocycles. The minimum absolute atomic E-state index is 0.515. The number of nitrogens with one attached hydrogen (secondary N) is 1. The van der Waals surface area contributed by atoms with Gasteiger partial charge in [0.15, 0.2) is 5.96 Å². The maximum Gasteiger partial charge on any atom is 0.194 e. The van der Waals surface area contributed by atoms with Crippen molar-refractivity contribution in [2.75, 3.05) is 53.1 Å². The lowest BCUT2D eigenvalue weighted by Gasteiger charge is -2.31. The molecule has 0 spiro atoms. The Bertz CT molecular complexity index is 384. The molecule has 6 heteroatoms. The van der Waals surface area contributed by atoms with E-state index in [0.717, 1.165) is 64.3 Å². The van der Waals surface area contributed by atoms with Gasteiger partial charge in [0.05, 0.1) is 32.0 Å². The van der Waals surface area contributed by atoms with Crippen molar-refractivity contribution < 1.29 is 14.6 Å². The van der Waals surface area contributed by atoms with E-state index in [1.807, 2.05) is 0 Å². The average molecular weight is 341 g/mol. The van der Waals surface area contributed by atoms with E-state index in [1.54, 1.807) is 7.11 Å². The van der Waals surface area contributed by atoms with Crippen molar-refractivity contribution in [2.24, 2.45) is 10.9 Å². The Labute approximate surface area is 146 Å². The molecule has 140 valence electrons. The standard InChI is InChI=1S/C18H35N3O3/c1-3-19-17(20-15-18(22)8-5-4-6-9-18)21-10-7-16(13-21)14-24-12-11-23-2/h16,22H,3-15H2,1-2H3,(H,19,20). The molecule has 0 aromatic rings. The van der Waals surface area contributed by atoms with E-state index in [0.29, 0.717) is 25.7 Å². The second kappa shape index (κ2) is 10.2. The van der Waals surface area contributed by atoms with Crippen LogP contribution in [0.15, 0.2) is 4.99 Å². The highest BCUT2D eigenvalue weighted by atomic mass is 16.5. The van der Waals surface area contributed by atoms with E-state index in [9.17, 15) is 5.11 Å². The zero-order chi connectivity index (χ0) is 17.3. The number of nitrogens with zero attached hydrogens (tertiary/aromatic N) is 2. The summed E-state index contributed by atoms with van der Waals surface area (Å²) >= 11 is 0. The Kier molecular flexibility index (Phi) is 8.29. The lowest BCUT2D eigenvalue weighted by atomic mass is 9.85. The summed E-state index contributed by atoms with van der Waals surface area (Å²) in [6.45, 7) is 7.52. The Morgan fingerprint density at radius 1 is 1.29 bits per heavy atom. The Morgan fingerprint density at radius 3 is 2.79 bits per heavy atom. The SMILES string of the molecule is CCNC(=NCC1(O)CCCCC1)N1CCC(COCCOC)C1. The first-order valence-corrected chi connectivity index (χ1v) is 9.49. The monoisotopic (exact) mass is 341 g/mol. The van der Waals surface area contributed by atoms with Crippen molar-refractivity contribution >= 4 is 5.96 Å². The fraction of sp³-hybridized carbons (Fsp3) is 0.944. The predicted molar refractivity (Wildman–Crippen MR) is 96.4 cm³/mol. The molecular weight excluding hydrogens is 306 g/mol. The third-order valence-electron chi connectivity index (χ3n) is 5.01. The highest BCUT2D eigenvalue weighted by Crippen LogP contribution is 2.28. The summed E-state index contributed by atoms with van der Waals surface area (Å²) in [6, 6.07) is 0. The highest BCUT2D eigenvalue weighted by molar-refractivity contribution is 5.80. The van der Waals surface area contributed by atoms with E-state index in [-0.39, 0.29) is 0 Å². The summed E-state index contributed by atoms with van der Waals surface area (Å²) in [7, 11) is 1.69. The fourth-order valence-electron chi connectivity index (χ4n) is 3.57. The van der Waals surface area contributed by atoms with E-state index in [1.165, 1.54) is 6.42 Å². The number of aliphatic imine (C=N–C) groups is 1. The highest BCUT2D eigenvalue weighted by Gasteiger charge is 2.30. The third kappa shape index (κ3) is 6.22. The van der Waals surface area contributed by atoms with Gasteiger partial charge in [-0.25, -0.2) is 0 Å². The average Bonchev–Trinajstić information content (AvgIpc) is 3.05. The van der Waals surface area contributed by atoms with Crippen LogP contribution in [-0.4, -0.2) is 74.7 Å². The zero-order valence-electron chi connectivity index (χ0n) is 15.4. The van der Waals surface area contributed by atoms with Crippen LogP contribution in [-0.2, 0) is 9.47 Å². The molecule has 1 aliphatic carbocycles. The first-order chi connectivity index (χ1) is 11.7. The van der Waals surface area contributed by atoms with Gasteiger partial charge in [-0.15, -0.1) is 0 Å². The molecule has 1 saturated heterocycles. The quantitative estimate of drug-likeness (QED) is 0.399. The van der Waals surface area contributed by atoms with Gasteiger partial charge in [-0.1, -0.05) is 19.3 Å². The van der Waals surface area contributed by atoms with Gasteiger partial charge < -0.3 is 24.8 Å². The lowest BCUT2D eigenvalue weighted by molar-refractivity contribution is 0.0130. The molecule has 1 heterocycles. The van der Waals surface area contributed by atoms with Crippen molar-refractivity contribution in [1.82, 2.24) is 10.2 Å². The first kappa shape index (κ1) is 19.5. The molecule has 0 aromatic heterocycles. The van der Waals surface area contributed by atoms with Gasteiger partial charge in [0.2, 0.25) is 0 Å². The molecule has 0 aromatic carbocycles. The number of likely N-dealkylation sites (tertiary alicyclic amines) is 1. The third-order valence-corrected chi connectivity index (χ3v) is 5.01. The molecular formula is C18H35N3O3. The van der Waals surface area contributed by atoms with Gasteiger partial charge in [-0.2, -0.15) is 0 Å². The molecule has 1 unspecified atom stereocenters. The van der Waals surface area contributed by atoms with Gasteiger partial charge in [-0.05, 0) is 26.2 Å². The molecule has 24 heavy (non-hydrogen) atoms. The molecule has 1 atom stereocenters. The molecule has 0 radical (unpaired) electrons. The van der Waals surface area contributed by atoms with Crippen LogP contribution in [0.4, 0.5) is 0 Å². The largest absolute Gasteiger partial charge is 0.388 e. The Balaban J connectivity index is 1.82. The van der Waals surface area contributed by atoms with Gasteiger partial charge in [0.1, 0.15) is 0 Å². The van der Waals surface area contributed by atoms with Crippen LogP contribution in [0.25, 0.3) is 0 Å². The number of aliphatic hydroxyl groups is 1. The van der Waals surface area contributed by atoms with E-state index in [4.69, 9.17) is 14.5 Å². The number of guanidine groups is 1. The van der Waals surface area contributed by atoms with Crippen LogP contribution in [0.5, 0.6) is 0 Å². The second-order valence-electron chi connectivity index (χ2n) is 7.12. The summed E-state index contributed by atoms with van der Waals surface area (Å²) in [5.41, 5.74) is -0.596. The van der Waals surface area contributed by atoms with Crippen molar-refractivity contribution in [2.45, 2.75) is 51.0 Å². The summed E-state index contributed by atoms with van der Waals surface area (Å²) in [4.78, 5) is 7.06. The first-order valence-electron chi connectivity index (χ1n) is 9.49. The van der Waals surface area contributed by atoms with Gasteiger partial charge in [0, 0.05) is 32.7 Å². The molecule has 0 amide bonds. The predicted octanol–water partition coefficient (Wildman–Crippen LogP) is 1.63. The number of methoxy groups -OCH3 is 1. The number of hydrogen-bond acceptors (Lipinski definition) is 4. The Hall–Kier alpha value is -0.850. The van der Waals surface area contributed by atoms with Gasteiger partial charge >= 0.3 is 0 Å². The topological polar surface area (TPSA) is 66.3 Å². The minimum Gasteiger partial charge on any atom is -0.388 e. The van der Waals surface area contributed by atoms with E-state index < -0.39 is 5.60 Å². The molecule has 2 aliphatic rings. The van der Waals surface area contributed by atoms with Gasteiger partial charge in [0.25, 0.3) is 0 Å². The summed E-state index contributed by atoms with van der Waals surface area (Å²) in [5.74, 6) is 1.49. The molecule has 6 nitrogen and oxygen atoms in total. The minimum atomic E-state index is -0.596. The van der Waals surface area contributed by atoms with E-state index >= 15 is 0 Å². The van der Waals surface area contributed by atoms with Crippen LogP contribution in [0.3, 0.4) is 0 Å². The number of hydrogen-bond donors (Lipinski definition) is 2. The summed E-state index contributed by atoms with van der Waals surface area (Å²) in [6.07, 6.45) is 6.36. The number of ether oxygens (including phenoxy) is 2. The van der Waals surface area contributed by atoms with Crippen LogP contribution < -0.4 is 5.32 Å². The van der Waals surface area contributed by atoms with Crippen molar-refractivity contribution in [3.63, 3.8) is 0 Å². The summed E-state index contributed by atoms with van der Waals surface area (Å²) in [5, 5.41) is 14.0. The van der Waals surface area contributed by atoms with Crippen LogP contribution in [0.2, 0.25) is 0 Å². The summed E-state index contributed by atoms with van der Waals surface area (Å²) < 4.78 is 10.7. The van der Waals surface area contributed by atoms with Crippen molar-refractivity contribution in [1.29, 1.82) is 0 Å². The molecule has 2 rings (SSSR count). The maximum absolute atomic E-state index is 10.7. The van der Waals surface area contributed by atoms with Crippen LogP contribution in [0.1, 0.15) is 45.4 Å². The van der Waals surface area contributed by atoms with Crippen molar-refractivity contribution in [3.05, 3.63) is 0 Å². The van der Waals surface area contributed by atoms with Gasteiger partial charge in [-0.3, -0.25) is 4.99 Å². The maximum atomic E-state index is 10.7. The molecule has 2 fully saturated rings. The van der Waals surface area contributed by atoms with Crippen molar-refractivity contribution in [3.8, 4) is 0 Å². The van der Waals surface area contributed by atoms with Crippen LogP contribution >= 0.6 is 0 Å². The normalized spacial score (nSPS) is 24.4. The van der Waals surface area contributed by atoms with Crippen LogP contribution in [0, 0.1) is 5.92 Å². The molecule has 1 aliphatic heterocycles. The second-order valence-corrected chi connectivity index (χ2v) is 7.12. The lowest BCUT2D eigenvalue weighted by Crippen LogP contribution is -2.42. The van der Waals surface area contributed by atoms with E-state index in [2.05, 4.69) is 17.1 Å². The smallest absolute Gasteiger partial charge is 0.194 e.